The SMILES string of the molecule is CC(=O)C(Cl)c1cc(O)cc(C(F)F)c1. The van der Waals surface area contributed by atoms with Crippen LogP contribution in [0.15, 0.2) is 18.2 Å². The van der Waals surface area contributed by atoms with Crippen molar-refractivity contribution in [2.45, 2.75) is 18.7 Å². The van der Waals surface area contributed by atoms with Crippen LogP contribution in [0.5, 0.6) is 5.75 Å². The number of hydrogen-bond donors (Lipinski definition) is 1. The molecule has 82 valence electrons. The van der Waals surface area contributed by atoms with Crippen LogP contribution in [0, 0.1) is 0 Å². The van der Waals surface area contributed by atoms with Gasteiger partial charge in [-0.15, -0.1) is 11.6 Å². The van der Waals surface area contributed by atoms with Crippen LogP contribution in [0.25, 0.3) is 0 Å². The average molecular weight is 235 g/mol. The minimum absolute atomic E-state index is 0.180. The van der Waals surface area contributed by atoms with Crippen molar-refractivity contribution in [1.82, 2.24) is 0 Å². The minimum Gasteiger partial charge on any atom is -0.508 e. The van der Waals surface area contributed by atoms with E-state index in [1.807, 2.05) is 0 Å². The molecule has 2 nitrogen and oxygen atoms in total. The highest BCUT2D eigenvalue weighted by Crippen LogP contribution is 2.30. The Morgan fingerprint density at radius 2 is 1.87 bits per heavy atom. The summed E-state index contributed by atoms with van der Waals surface area (Å²) < 4.78 is 24.7. The Bertz CT molecular complexity index is 380. The number of aromatic hydroxyl groups is 1. The van der Waals surface area contributed by atoms with E-state index in [1.54, 1.807) is 0 Å². The number of carbonyl (C=O) groups excluding carboxylic acids is 1. The molecule has 1 unspecified atom stereocenters. The first-order chi connectivity index (χ1) is 6.91. The van der Waals surface area contributed by atoms with Gasteiger partial charge in [0.25, 0.3) is 6.43 Å². The molecule has 15 heavy (non-hydrogen) atoms. The molecular formula is C10H9ClF2O2. The second-order valence-electron chi connectivity index (χ2n) is 3.13. The summed E-state index contributed by atoms with van der Waals surface area (Å²) in [5.41, 5.74) is -0.170. The van der Waals surface area contributed by atoms with Gasteiger partial charge in [-0.25, -0.2) is 8.78 Å². The van der Waals surface area contributed by atoms with E-state index in [1.165, 1.54) is 13.0 Å². The third kappa shape index (κ3) is 2.89. The van der Waals surface area contributed by atoms with Crippen LogP contribution >= 0.6 is 11.6 Å². The lowest BCUT2D eigenvalue weighted by Gasteiger charge is -2.09. The van der Waals surface area contributed by atoms with Gasteiger partial charge in [0.2, 0.25) is 0 Å². The monoisotopic (exact) mass is 234 g/mol. The molecule has 0 aliphatic carbocycles. The first-order valence-electron chi connectivity index (χ1n) is 4.18. The van der Waals surface area contributed by atoms with Crippen molar-refractivity contribution >= 4 is 17.4 Å². The Balaban J connectivity index is 3.14. The van der Waals surface area contributed by atoms with Gasteiger partial charge in [-0.2, -0.15) is 0 Å². The molecule has 1 rings (SSSR count). The van der Waals surface area contributed by atoms with Gasteiger partial charge in [0.1, 0.15) is 11.1 Å². The van der Waals surface area contributed by atoms with E-state index in [-0.39, 0.29) is 22.7 Å². The molecule has 0 radical (unpaired) electrons. The number of Topliss-reactive ketones (excluding diaryl/α,β-unsaturated/α-hetero) is 1. The van der Waals surface area contributed by atoms with Crippen LogP contribution in [0.3, 0.4) is 0 Å². The highest BCUT2D eigenvalue weighted by Gasteiger charge is 2.17. The lowest BCUT2D eigenvalue weighted by atomic mass is 10.1. The summed E-state index contributed by atoms with van der Waals surface area (Å²) in [4.78, 5) is 10.9. The van der Waals surface area contributed by atoms with E-state index < -0.39 is 11.8 Å². The summed E-state index contributed by atoms with van der Waals surface area (Å²) in [5.74, 6) is -0.683. The van der Waals surface area contributed by atoms with E-state index in [0.717, 1.165) is 12.1 Å². The highest BCUT2D eigenvalue weighted by molar-refractivity contribution is 6.30. The third-order valence-electron chi connectivity index (χ3n) is 1.86. The largest absolute Gasteiger partial charge is 0.508 e. The van der Waals surface area contributed by atoms with Crippen molar-refractivity contribution in [2.75, 3.05) is 0 Å². The number of halogens is 3. The molecule has 5 heteroatoms. The molecule has 0 saturated heterocycles. The van der Waals surface area contributed by atoms with E-state index in [4.69, 9.17) is 11.6 Å². The molecule has 0 amide bonds. The van der Waals surface area contributed by atoms with Gasteiger partial charge in [-0.1, -0.05) is 0 Å². The standard InChI is InChI=1S/C10H9ClF2O2/c1-5(14)9(11)6-2-7(10(12)13)4-8(15)3-6/h2-4,9-10,15H,1H3. The molecule has 0 spiro atoms. The van der Waals surface area contributed by atoms with E-state index in [2.05, 4.69) is 0 Å². The van der Waals surface area contributed by atoms with Gasteiger partial charge >= 0.3 is 0 Å². The maximum absolute atomic E-state index is 12.4. The molecule has 0 fully saturated rings. The Kier molecular flexibility index (Phi) is 3.63. The van der Waals surface area contributed by atoms with Crippen LogP contribution in [0.2, 0.25) is 0 Å². The van der Waals surface area contributed by atoms with Gasteiger partial charge in [-0.3, -0.25) is 4.79 Å². The summed E-state index contributed by atoms with van der Waals surface area (Å²) in [6.45, 7) is 1.25. The molecule has 0 aliphatic rings. The van der Waals surface area contributed by atoms with Crippen LogP contribution in [0.1, 0.15) is 29.9 Å². The highest BCUT2D eigenvalue weighted by atomic mass is 35.5. The van der Waals surface area contributed by atoms with Crippen LogP contribution in [-0.4, -0.2) is 10.9 Å². The zero-order chi connectivity index (χ0) is 11.6. The van der Waals surface area contributed by atoms with Crippen molar-refractivity contribution < 1.29 is 18.7 Å². The molecule has 0 aliphatic heterocycles. The predicted octanol–water partition coefficient (Wildman–Crippen LogP) is 3.20. The molecule has 0 saturated carbocycles. The van der Waals surface area contributed by atoms with Gasteiger partial charge in [-0.05, 0) is 30.7 Å². The summed E-state index contributed by atoms with van der Waals surface area (Å²) in [6.07, 6.45) is -2.70. The number of phenols is 1. The fourth-order valence-electron chi connectivity index (χ4n) is 1.17. The first kappa shape index (κ1) is 11.9. The molecule has 1 N–H and O–H groups in total. The smallest absolute Gasteiger partial charge is 0.263 e. The number of alkyl halides is 3. The van der Waals surface area contributed by atoms with Crippen molar-refractivity contribution in [3.8, 4) is 5.75 Å². The Morgan fingerprint density at radius 3 is 2.33 bits per heavy atom. The van der Waals surface area contributed by atoms with Crippen LogP contribution < -0.4 is 0 Å². The third-order valence-corrected chi connectivity index (χ3v) is 2.42. The van der Waals surface area contributed by atoms with Crippen LogP contribution in [0.4, 0.5) is 8.78 Å². The fourth-order valence-corrected chi connectivity index (χ4v) is 1.29. The number of benzene rings is 1. The molecule has 0 heterocycles. The van der Waals surface area contributed by atoms with E-state index in [0.29, 0.717) is 0 Å². The van der Waals surface area contributed by atoms with Crippen molar-refractivity contribution in [3.05, 3.63) is 29.3 Å². The second-order valence-corrected chi connectivity index (χ2v) is 3.57. The fraction of sp³-hybridized carbons (Fsp3) is 0.300. The second kappa shape index (κ2) is 4.57. The summed E-state index contributed by atoms with van der Waals surface area (Å²) >= 11 is 5.68. The van der Waals surface area contributed by atoms with Crippen molar-refractivity contribution in [1.29, 1.82) is 0 Å². The topological polar surface area (TPSA) is 37.3 Å². The van der Waals surface area contributed by atoms with Crippen molar-refractivity contribution in [2.24, 2.45) is 0 Å². The summed E-state index contributed by atoms with van der Waals surface area (Å²) in [5, 5.41) is 8.17. The number of ketones is 1. The maximum Gasteiger partial charge on any atom is 0.263 e. The van der Waals surface area contributed by atoms with Crippen LogP contribution in [-0.2, 0) is 4.79 Å². The molecular weight excluding hydrogens is 226 g/mol. The molecule has 0 aromatic heterocycles. The van der Waals surface area contributed by atoms with Gasteiger partial charge in [0.15, 0.2) is 5.78 Å². The minimum atomic E-state index is -2.70. The number of hydrogen-bond acceptors (Lipinski definition) is 2. The predicted molar refractivity (Wildman–Crippen MR) is 52.3 cm³/mol. The molecule has 1 atom stereocenters. The van der Waals surface area contributed by atoms with Gasteiger partial charge < -0.3 is 5.11 Å². The Morgan fingerprint density at radius 1 is 1.33 bits per heavy atom. The molecule has 0 bridgehead atoms. The van der Waals surface area contributed by atoms with Gasteiger partial charge in [0.05, 0.1) is 0 Å². The number of rotatable bonds is 3. The zero-order valence-corrected chi connectivity index (χ0v) is 8.63. The summed E-state index contributed by atoms with van der Waals surface area (Å²) in [6, 6.07) is 3.26. The first-order valence-corrected chi connectivity index (χ1v) is 4.62. The van der Waals surface area contributed by atoms with E-state index in [9.17, 15) is 18.7 Å². The Labute approximate surface area is 90.5 Å². The lowest BCUT2D eigenvalue weighted by molar-refractivity contribution is -0.116. The Hall–Kier alpha value is -1.16. The molecule has 1 aromatic carbocycles. The normalized spacial score (nSPS) is 12.9. The van der Waals surface area contributed by atoms with E-state index >= 15 is 0 Å². The van der Waals surface area contributed by atoms with Gasteiger partial charge in [0, 0.05) is 5.56 Å². The van der Waals surface area contributed by atoms with Crippen molar-refractivity contribution in [3.63, 3.8) is 0 Å². The maximum atomic E-state index is 12.4. The summed E-state index contributed by atoms with van der Waals surface area (Å²) in [7, 11) is 0. The number of phenolic OH excluding ortho intramolecular Hbond substituents is 1. The quantitative estimate of drug-likeness (QED) is 0.816. The number of carbonyl (C=O) groups is 1. The molecule has 1 aromatic rings. The lowest BCUT2D eigenvalue weighted by Crippen LogP contribution is -2.02. The zero-order valence-electron chi connectivity index (χ0n) is 7.88. The average Bonchev–Trinajstić information content (AvgIpc) is 2.15.